The van der Waals surface area contributed by atoms with Crippen LogP contribution in [0, 0.1) is 28.0 Å². The molecule has 0 amide bonds. The van der Waals surface area contributed by atoms with Gasteiger partial charge in [-0.2, -0.15) is 0 Å². The van der Waals surface area contributed by atoms with Gasteiger partial charge in [0.05, 0.1) is 16.7 Å². The number of thiazole rings is 1. The van der Waals surface area contributed by atoms with Gasteiger partial charge >= 0.3 is 5.97 Å². The number of allylic oxidation sites excluding steroid dienone is 6. The van der Waals surface area contributed by atoms with Crippen LogP contribution in [0.25, 0.3) is 16.3 Å². The fourth-order valence-corrected chi connectivity index (χ4v) is 9.56. The van der Waals surface area contributed by atoms with Crippen molar-refractivity contribution in [2.24, 2.45) is 5.41 Å². The number of hydrogen-bond acceptors (Lipinski definition) is 10. The summed E-state index contributed by atoms with van der Waals surface area (Å²) in [5, 5.41) is 27.9. The lowest BCUT2D eigenvalue weighted by molar-refractivity contribution is -0.551. The smallest absolute Gasteiger partial charge is 0.314 e. The second-order valence-electron chi connectivity index (χ2n) is 12.3. The maximum Gasteiger partial charge on any atom is 0.314 e. The van der Waals surface area contributed by atoms with Gasteiger partial charge in [0.1, 0.15) is 10.5 Å². The number of carboxylic acid groups (broad SMARTS) is 2. The van der Waals surface area contributed by atoms with Gasteiger partial charge in [-0.25, -0.2) is 0 Å². The molecule has 6 nitrogen and oxygen atoms in total. The van der Waals surface area contributed by atoms with E-state index in [1.807, 2.05) is 21.6 Å². The molecule has 0 fully saturated rings. The molecule has 0 saturated heterocycles. The van der Waals surface area contributed by atoms with Crippen molar-refractivity contribution >= 4 is 104 Å². The van der Waals surface area contributed by atoms with Crippen LogP contribution in [0.2, 0.25) is 0 Å². The Labute approximate surface area is 330 Å². The van der Waals surface area contributed by atoms with Crippen LogP contribution >= 0.6 is 70.1 Å². The second-order valence-corrected chi connectivity index (χ2v) is 18.1. The normalized spacial score (nSPS) is 16.3. The zero-order valence-corrected chi connectivity index (χ0v) is 33.6. The standard InChI is InChI=1S/C40H36N2O4S6/c1-5-16-49-30-10-12-34-32(22-30)41(14-18-47-26-38(43)44)36(51-34)9-7-8-28-20-29(25-40(3,4)24-28)21-37-42(15-19-48-27-39(45)46)33-23-31(50-17-6-2)11-13-35(33)52-37/h5-13,20-23H,1-2,16-17,24-27H2,3-4H3,(H-,43,44,45,46). The average molecular weight is 801 g/mol. The molecule has 52 heavy (non-hydrogen) atoms. The number of thioether (sulfide) groups is 5. The van der Waals surface area contributed by atoms with Crippen LogP contribution in [0.4, 0.5) is 5.69 Å². The Balaban J connectivity index is 1.46. The first kappa shape index (κ1) is 39.6. The topological polar surface area (TPSA) is 84.6 Å². The first-order chi connectivity index (χ1) is 25.0. The van der Waals surface area contributed by atoms with Crippen LogP contribution in [0.15, 0.2) is 117 Å². The number of carboxylic acids is 2. The predicted octanol–water partition coefficient (Wildman–Crippen LogP) is 8.87. The van der Waals surface area contributed by atoms with Gasteiger partial charge in [0.25, 0.3) is 5.01 Å². The molecule has 5 rings (SSSR count). The third kappa shape index (κ3) is 11.2. The molecular formula is C40H36N2O4S6. The number of aromatic nitrogens is 1. The van der Waals surface area contributed by atoms with Crippen LogP contribution in [-0.4, -0.2) is 40.1 Å². The molecule has 0 spiro atoms. The molecule has 12 heteroatoms. The molecule has 0 radical (unpaired) electrons. The summed E-state index contributed by atoms with van der Waals surface area (Å²) in [7, 11) is 0. The Kier molecular flexibility index (Phi) is 14.4. The first-order valence-electron chi connectivity index (χ1n) is 16.1. The molecule has 1 N–H and O–H groups in total. The molecule has 3 aromatic rings. The van der Waals surface area contributed by atoms with Crippen molar-refractivity contribution in [3.8, 4) is 22.6 Å². The molecule has 1 aliphatic carbocycles. The summed E-state index contributed by atoms with van der Waals surface area (Å²) in [5.74, 6) is -0.718. The van der Waals surface area contributed by atoms with Crippen LogP contribution in [0.3, 0.4) is 0 Å². The molecule has 2 aromatic carbocycles. The van der Waals surface area contributed by atoms with Crippen molar-refractivity contribution in [2.75, 3.05) is 27.9 Å². The van der Waals surface area contributed by atoms with Crippen molar-refractivity contribution in [3.63, 3.8) is 0 Å². The summed E-state index contributed by atoms with van der Waals surface area (Å²) in [6.07, 6.45) is 16.3. The number of anilines is 1. The Morgan fingerprint density at radius 1 is 1.04 bits per heavy atom. The summed E-state index contributed by atoms with van der Waals surface area (Å²) >= 11 is 8.79. The van der Waals surface area contributed by atoms with Gasteiger partial charge < -0.3 is 15.0 Å². The van der Waals surface area contributed by atoms with Crippen molar-refractivity contribution in [1.82, 2.24) is 0 Å². The number of aliphatic carboxylic acids is 2. The Bertz CT molecular complexity index is 2140. The molecule has 266 valence electrons. The monoisotopic (exact) mass is 800 g/mol. The van der Waals surface area contributed by atoms with E-state index in [0.29, 0.717) is 0 Å². The van der Waals surface area contributed by atoms with E-state index < -0.39 is 11.9 Å². The SMILES string of the molecule is C=CCSc1ccc2c(c1)N(C#CSCC(=O)[O-])/C(=C/C1=CC(=C/C=C/c3sc4ccc(SCC=C)cc4[n+]3C#CSCC(=O)O)/CC(C)(C)C1)S2. The van der Waals surface area contributed by atoms with E-state index in [4.69, 9.17) is 5.11 Å². The minimum absolute atomic E-state index is 0.0240. The zero-order chi connectivity index (χ0) is 37.1. The fourth-order valence-electron chi connectivity index (χ4n) is 5.46. The number of hydrogen-bond donors (Lipinski definition) is 1. The maximum atomic E-state index is 11.1. The van der Waals surface area contributed by atoms with E-state index in [-0.39, 0.29) is 16.9 Å². The molecule has 2 heterocycles. The molecule has 1 aliphatic heterocycles. The van der Waals surface area contributed by atoms with E-state index in [0.717, 1.165) is 88.5 Å². The number of benzene rings is 2. The highest BCUT2D eigenvalue weighted by Crippen LogP contribution is 2.48. The highest BCUT2D eigenvalue weighted by atomic mass is 32.2. The molecule has 0 atom stereocenters. The minimum Gasteiger partial charge on any atom is -0.549 e. The Morgan fingerprint density at radius 3 is 2.50 bits per heavy atom. The van der Waals surface area contributed by atoms with Gasteiger partial charge in [-0.3, -0.25) is 9.69 Å². The third-order valence-electron chi connectivity index (χ3n) is 7.39. The predicted molar refractivity (Wildman–Crippen MR) is 223 cm³/mol. The van der Waals surface area contributed by atoms with Crippen LogP contribution in [0.5, 0.6) is 0 Å². The lowest BCUT2D eigenvalue weighted by Gasteiger charge is -2.30. The van der Waals surface area contributed by atoms with E-state index in [1.54, 1.807) is 46.6 Å². The van der Waals surface area contributed by atoms with Gasteiger partial charge in [-0.05, 0) is 71.1 Å². The first-order valence-corrected chi connectivity index (χ1v) is 21.7. The molecule has 0 saturated carbocycles. The summed E-state index contributed by atoms with van der Waals surface area (Å²) in [5.41, 5.74) is 4.37. The number of carbonyl (C=O) groups is 2. The zero-order valence-electron chi connectivity index (χ0n) is 28.7. The number of nitrogens with zero attached hydrogens (tertiary/aromatic N) is 2. The number of carbonyl (C=O) groups excluding carboxylic acids is 1. The molecule has 2 aliphatic rings. The quantitative estimate of drug-likeness (QED) is 0.0784. The van der Waals surface area contributed by atoms with Crippen molar-refractivity contribution in [1.29, 1.82) is 0 Å². The second kappa shape index (κ2) is 18.9. The van der Waals surface area contributed by atoms with Gasteiger partial charge in [0.15, 0.2) is 0 Å². The van der Waals surface area contributed by atoms with Crippen molar-refractivity contribution in [2.45, 2.75) is 41.4 Å². The summed E-state index contributed by atoms with van der Waals surface area (Å²) in [4.78, 5) is 27.3. The van der Waals surface area contributed by atoms with E-state index in [2.05, 4.69) is 116 Å². The summed E-state index contributed by atoms with van der Waals surface area (Å²) in [6, 6.07) is 19.0. The lowest BCUT2D eigenvalue weighted by Crippen LogP contribution is -2.29. The van der Waals surface area contributed by atoms with E-state index in [9.17, 15) is 14.7 Å². The Hall–Kier alpha value is -3.62. The average Bonchev–Trinajstić information content (AvgIpc) is 3.61. The largest absolute Gasteiger partial charge is 0.549 e. The molecular weight excluding hydrogens is 765 g/mol. The summed E-state index contributed by atoms with van der Waals surface area (Å²) in [6.45, 7) is 12.2. The van der Waals surface area contributed by atoms with Gasteiger partial charge in [-0.1, -0.05) is 95.4 Å². The third-order valence-corrected chi connectivity index (χ3v) is 12.8. The van der Waals surface area contributed by atoms with Crippen molar-refractivity contribution < 1.29 is 24.4 Å². The molecule has 1 aromatic heterocycles. The highest BCUT2D eigenvalue weighted by molar-refractivity contribution is 8.05. The summed E-state index contributed by atoms with van der Waals surface area (Å²) < 4.78 is 3.03. The molecule has 0 bridgehead atoms. The number of fused-ring (bicyclic) bond motifs is 2. The van der Waals surface area contributed by atoms with E-state index >= 15 is 0 Å². The fraction of sp³-hybridized carbons (Fsp3) is 0.225. The maximum absolute atomic E-state index is 11.1. The highest BCUT2D eigenvalue weighted by Gasteiger charge is 2.29. The van der Waals surface area contributed by atoms with Crippen LogP contribution < -0.4 is 14.6 Å². The van der Waals surface area contributed by atoms with E-state index in [1.165, 1.54) is 11.1 Å². The van der Waals surface area contributed by atoms with Gasteiger partial charge in [0, 0.05) is 55.4 Å². The lowest BCUT2D eigenvalue weighted by atomic mass is 9.75. The van der Waals surface area contributed by atoms with Crippen LogP contribution in [0.1, 0.15) is 31.7 Å². The van der Waals surface area contributed by atoms with Gasteiger partial charge in [0.2, 0.25) is 11.6 Å². The number of rotatable bonds is 13. The molecule has 0 unspecified atom stereocenters. The Morgan fingerprint density at radius 2 is 1.77 bits per heavy atom. The van der Waals surface area contributed by atoms with Crippen LogP contribution in [-0.2, 0) is 9.59 Å². The minimum atomic E-state index is -1.14. The van der Waals surface area contributed by atoms with Crippen molar-refractivity contribution in [3.05, 3.63) is 107 Å². The van der Waals surface area contributed by atoms with Gasteiger partial charge in [-0.15, -0.1) is 36.7 Å².